The molecule has 0 spiro atoms. The highest BCUT2D eigenvalue weighted by Crippen LogP contribution is 2.17. The van der Waals surface area contributed by atoms with Gasteiger partial charge in [-0.15, -0.1) is 0 Å². The molecule has 0 radical (unpaired) electrons. The molecule has 0 aromatic rings. The lowest BCUT2D eigenvalue weighted by Gasteiger charge is -2.36. The van der Waals surface area contributed by atoms with Crippen LogP contribution in [0.4, 0.5) is 0 Å². The summed E-state index contributed by atoms with van der Waals surface area (Å²) in [4.78, 5) is 2.28. The monoisotopic (exact) mass is 171 g/mol. The van der Waals surface area contributed by atoms with Gasteiger partial charge in [0, 0.05) is 26.2 Å². The Kier molecular flexibility index (Phi) is 2.63. The van der Waals surface area contributed by atoms with E-state index in [0.717, 1.165) is 32.7 Å². The fraction of sp³-hybridized carbons (Fsp3) is 1.00. The number of aliphatic hydroxyl groups excluding tert-OH is 1. The van der Waals surface area contributed by atoms with Gasteiger partial charge in [0.15, 0.2) is 0 Å². The van der Waals surface area contributed by atoms with E-state index in [1.807, 2.05) is 0 Å². The Labute approximate surface area is 73.3 Å². The first-order valence-electron chi connectivity index (χ1n) is 4.86. The Morgan fingerprint density at radius 3 is 2.83 bits per heavy atom. The molecule has 2 rings (SSSR count). The highest BCUT2D eigenvalue weighted by Gasteiger charge is 2.25. The number of nitrogens with zero attached hydrogens (tertiary/aromatic N) is 1. The molecular weight excluding hydrogens is 154 g/mol. The van der Waals surface area contributed by atoms with Gasteiger partial charge in [0.05, 0.1) is 12.2 Å². The van der Waals surface area contributed by atoms with Gasteiger partial charge in [-0.25, -0.2) is 0 Å². The maximum atomic E-state index is 9.04. The number of β-amino-alcohol motifs (C(OH)–C–C–N with tert-alkyl or cyclic N) is 1. The lowest BCUT2D eigenvalue weighted by Crippen LogP contribution is -2.51. The Hall–Kier alpha value is -0.120. The van der Waals surface area contributed by atoms with E-state index in [9.17, 15) is 0 Å². The maximum absolute atomic E-state index is 9.04. The number of hydrogen-bond donors (Lipinski definition) is 1. The van der Waals surface area contributed by atoms with Crippen molar-refractivity contribution in [3.63, 3.8) is 0 Å². The predicted octanol–water partition coefficient (Wildman–Crippen LogP) is 0.232. The summed E-state index contributed by atoms with van der Waals surface area (Å²) < 4.78 is 5.51. The average Bonchev–Trinajstić information content (AvgIpc) is 2.47. The van der Waals surface area contributed by atoms with Gasteiger partial charge in [0.25, 0.3) is 0 Å². The minimum Gasteiger partial charge on any atom is -0.390 e. The third-order valence-electron chi connectivity index (χ3n) is 2.73. The topological polar surface area (TPSA) is 32.7 Å². The van der Waals surface area contributed by atoms with E-state index in [0.29, 0.717) is 6.10 Å². The normalized spacial score (nSPS) is 32.2. The number of aliphatic hydroxyl groups is 1. The van der Waals surface area contributed by atoms with Gasteiger partial charge in [0.1, 0.15) is 0 Å². The SMILES string of the molecule is OC1CN(CCC2CCCO2)C1. The third-order valence-corrected chi connectivity index (χ3v) is 2.73. The highest BCUT2D eigenvalue weighted by molar-refractivity contribution is 4.79. The van der Waals surface area contributed by atoms with Crippen molar-refractivity contribution in [3.05, 3.63) is 0 Å². The largest absolute Gasteiger partial charge is 0.390 e. The zero-order valence-electron chi connectivity index (χ0n) is 7.41. The molecule has 1 N–H and O–H groups in total. The molecule has 1 unspecified atom stereocenters. The van der Waals surface area contributed by atoms with E-state index < -0.39 is 0 Å². The second kappa shape index (κ2) is 3.73. The Morgan fingerprint density at radius 1 is 1.42 bits per heavy atom. The molecule has 0 bridgehead atoms. The van der Waals surface area contributed by atoms with Crippen LogP contribution in [0.3, 0.4) is 0 Å². The van der Waals surface area contributed by atoms with Gasteiger partial charge in [-0.05, 0) is 19.3 Å². The van der Waals surface area contributed by atoms with Crippen LogP contribution in [0, 0.1) is 0 Å². The van der Waals surface area contributed by atoms with Crippen molar-refractivity contribution >= 4 is 0 Å². The second-order valence-corrected chi connectivity index (χ2v) is 3.84. The summed E-state index contributed by atoms with van der Waals surface area (Å²) in [5.74, 6) is 0. The summed E-state index contributed by atoms with van der Waals surface area (Å²) in [7, 11) is 0. The van der Waals surface area contributed by atoms with E-state index in [4.69, 9.17) is 9.84 Å². The van der Waals surface area contributed by atoms with Gasteiger partial charge in [0.2, 0.25) is 0 Å². The summed E-state index contributed by atoms with van der Waals surface area (Å²) >= 11 is 0. The van der Waals surface area contributed by atoms with Crippen molar-refractivity contribution in [1.29, 1.82) is 0 Å². The van der Waals surface area contributed by atoms with Crippen LogP contribution >= 0.6 is 0 Å². The minimum atomic E-state index is -0.0607. The third kappa shape index (κ3) is 1.97. The number of likely N-dealkylation sites (tertiary alicyclic amines) is 1. The summed E-state index contributed by atoms with van der Waals surface area (Å²) in [6, 6.07) is 0. The molecular formula is C9H17NO2. The molecule has 3 nitrogen and oxygen atoms in total. The highest BCUT2D eigenvalue weighted by atomic mass is 16.5. The van der Waals surface area contributed by atoms with E-state index in [1.165, 1.54) is 12.8 Å². The Balaban J connectivity index is 1.56. The molecule has 2 heterocycles. The zero-order valence-corrected chi connectivity index (χ0v) is 7.41. The minimum absolute atomic E-state index is 0.0607. The van der Waals surface area contributed by atoms with Crippen molar-refractivity contribution in [2.75, 3.05) is 26.2 Å². The molecule has 2 aliphatic heterocycles. The number of rotatable bonds is 3. The predicted molar refractivity (Wildman–Crippen MR) is 46.0 cm³/mol. The van der Waals surface area contributed by atoms with Crippen LogP contribution in [-0.2, 0) is 4.74 Å². The smallest absolute Gasteiger partial charge is 0.0793 e. The van der Waals surface area contributed by atoms with Gasteiger partial charge in [-0.3, -0.25) is 4.90 Å². The van der Waals surface area contributed by atoms with Gasteiger partial charge in [-0.1, -0.05) is 0 Å². The Bertz CT molecular complexity index is 139. The van der Waals surface area contributed by atoms with Crippen molar-refractivity contribution < 1.29 is 9.84 Å². The van der Waals surface area contributed by atoms with Crippen LogP contribution in [0.25, 0.3) is 0 Å². The van der Waals surface area contributed by atoms with E-state index in [-0.39, 0.29) is 6.10 Å². The summed E-state index contributed by atoms with van der Waals surface area (Å²) in [5.41, 5.74) is 0. The molecule has 0 aromatic heterocycles. The first-order valence-corrected chi connectivity index (χ1v) is 4.86. The fourth-order valence-corrected chi connectivity index (χ4v) is 1.92. The zero-order chi connectivity index (χ0) is 8.39. The Morgan fingerprint density at radius 2 is 2.25 bits per heavy atom. The number of hydrogen-bond acceptors (Lipinski definition) is 3. The second-order valence-electron chi connectivity index (χ2n) is 3.84. The molecule has 2 aliphatic rings. The summed E-state index contributed by atoms with van der Waals surface area (Å²) in [6.45, 7) is 3.79. The van der Waals surface area contributed by atoms with Gasteiger partial charge >= 0.3 is 0 Å². The quantitative estimate of drug-likeness (QED) is 0.660. The molecule has 0 aliphatic carbocycles. The standard InChI is InChI=1S/C9H17NO2/c11-8-6-10(7-8)4-3-9-2-1-5-12-9/h8-9,11H,1-7H2. The molecule has 0 amide bonds. The number of ether oxygens (including phenoxy) is 1. The van der Waals surface area contributed by atoms with E-state index in [2.05, 4.69) is 4.90 Å². The molecule has 2 fully saturated rings. The van der Waals surface area contributed by atoms with Gasteiger partial charge in [-0.2, -0.15) is 0 Å². The molecule has 0 aromatic carbocycles. The molecule has 2 saturated heterocycles. The maximum Gasteiger partial charge on any atom is 0.0793 e. The van der Waals surface area contributed by atoms with E-state index in [1.54, 1.807) is 0 Å². The van der Waals surface area contributed by atoms with Crippen molar-refractivity contribution in [3.8, 4) is 0 Å². The van der Waals surface area contributed by atoms with E-state index >= 15 is 0 Å². The summed E-state index contributed by atoms with van der Waals surface area (Å²) in [5, 5.41) is 9.04. The molecule has 12 heavy (non-hydrogen) atoms. The molecule has 70 valence electrons. The fourth-order valence-electron chi connectivity index (χ4n) is 1.92. The van der Waals surface area contributed by atoms with Crippen LogP contribution in [-0.4, -0.2) is 48.5 Å². The van der Waals surface area contributed by atoms with Gasteiger partial charge < -0.3 is 9.84 Å². The van der Waals surface area contributed by atoms with Crippen LogP contribution in [0.2, 0.25) is 0 Å². The van der Waals surface area contributed by atoms with Crippen LogP contribution < -0.4 is 0 Å². The first kappa shape index (κ1) is 8.48. The molecule has 1 atom stereocenters. The van der Waals surface area contributed by atoms with Crippen molar-refractivity contribution in [2.24, 2.45) is 0 Å². The van der Waals surface area contributed by atoms with Crippen molar-refractivity contribution in [2.45, 2.75) is 31.5 Å². The van der Waals surface area contributed by atoms with Crippen molar-refractivity contribution in [1.82, 2.24) is 4.90 Å². The van der Waals surface area contributed by atoms with Crippen LogP contribution in [0.15, 0.2) is 0 Å². The molecule has 0 saturated carbocycles. The van der Waals surface area contributed by atoms with Crippen LogP contribution in [0.5, 0.6) is 0 Å². The average molecular weight is 171 g/mol. The lowest BCUT2D eigenvalue weighted by molar-refractivity contribution is -0.00763. The summed E-state index contributed by atoms with van der Waals surface area (Å²) in [6.07, 6.45) is 4.05. The molecule has 3 heteroatoms. The lowest BCUT2D eigenvalue weighted by atomic mass is 10.1. The van der Waals surface area contributed by atoms with Crippen LogP contribution in [0.1, 0.15) is 19.3 Å². The first-order chi connectivity index (χ1) is 5.84.